The van der Waals surface area contributed by atoms with E-state index in [2.05, 4.69) is 36.0 Å². The number of nitrogens with one attached hydrogen (secondary N) is 2. The van der Waals surface area contributed by atoms with Crippen LogP contribution in [0.15, 0.2) is 24.3 Å². The van der Waals surface area contributed by atoms with E-state index in [1.165, 1.54) is 12.1 Å². The van der Waals surface area contributed by atoms with E-state index in [1.807, 2.05) is 6.07 Å². The Kier molecular flexibility index (Phi) is 5.74. The van der Waals surface area contributed by atoms with Gasteiger partial charge in [-0.15, -0.1) is 0 Å². The number of piperazine rings is 1. The second-order valence-electron chi connectivity index (χ2n) is 8.82. The van der Waals surface area contributed by atoms with E-state index >= 15 is 0 Å². The summed E-state index contributed by atoms with van der Waals surface area (Å²) in [6, 6.07) is 5.96. The minimum Gasteiger partial charge on any atom is -0.357 e. The third-order valence-corrected chi connectivity index (χ3v) is 4.96. The number of rotatable bonds is 5. The zero-order valence-electron chi connectivity index (χ0n) is 17.0. The third-order valence-electron chi connectivity index (χ3n) is 4.96. The molecule has 0 bridgehead atoms. The van der Waals surface area contributed by atoms with Crippen LogP contribution in [0.25, 0.3) is 10.9 Å². The van der Waals surface area contributed by atoms with Gasteiger partial charge in [0.15, 0.2) is 0 Å². The number of amides is 2. The van der Waals surface area contributed by atoms with Crippen LogP contribution in [0, 0.1) is 11.2 Å². The van der Waals surface area contributed by atoms with Crippen molar-refractivity contribution in [3.05, 3.63) is 35.8 Å². The Hall–Kier alpha value is -2.41. The minimum absolute atomic E-state index is 0.0461. The minimum atomic E-state index is -0.445. The standard InChI is InChI=1S/C21H29FN4O2/c1-21(2,3)13-26-8-7-23-20(28)18(26)11-19(27)25(4)12-16-10-14-9-15(22)5-6-17(14)24-16/h5-6,9-10,18,24H,7-8,11-13H2,1-4H3,(H,23,28)/t18-/m1/s1. The topological polar surface area (TPSA) is 68.4 Å². The van der Waals surface area contributed by atoms with Crippen molar-refractivity contribution < 1.29 is 14.0 Å². The molecule has 0 unspecified atom stereocenters. The van der Waals surface area contributed by atoms with Crippen LogP contribution >= 0.6 is 0 Å². The molecule has 0 aliphatic carbocycles. The van der Waals surface area contributed by atoms with Crippen LogP contribution in [0.2, 0.25) is 0 Å². The number of hydrogen-bond donors (Lipinski definition) is 2. The van der Waals surface area contributed by atoms with Gasteiger partial charge in [0.2, 0.25) is 11.8 Å². The lowest BCUT2D eigenvalue weighted by Crippen LogP contribution is -2.58. The summed E-state index contributed by atoms with van der Waals surface area (Å²) in [4.78, 5) is 32.1. The number of halogens is 1. The van der Waals surface area contributed by atoms with Crippen LogP contribution in [0.3, 0.4) is 0 Å². The number of benzene rings is 1. The molecule has 1 aliphatic rings. The van der Waals surface area contributed by atoms with Crippen molar-refractivity contribution in [2.24, 2.45) is 5.41 Å². The maximum Gasteiger partial charge on any atom is 0.237 e. The fourth-order valence-electron chi connectivity index (χ4n) is 3.70. The number of H-pyrrole nitrogens is 1. The molecule has 1 aromatic heterocycles. The van der Waals surface area contributed by atoms with E-state index in [0.717, 1.165) is 29.7 Å². The predicted molar refractivity (Wildman–Crippen MR) is 107 cm³/mol. The lowest BCUT2D eigenvalue weighted by atomic mass is 9.94. The summed E-state index contributed by atoms with van der Waals surface area (Å²) in [6.45, 7) is 8.88. The summed E-state index contributed by atoms with van der Waals surface area (Å²) in [6.07, 6.45) is 0.146. The molecule has 1 aromatic carbocycles. The Balaban J connectivity index is 1.66. The number of carbonyl (C=O) groups is 2. The van der Waals surface area contributed by atoms with Crippen molar-refractivity contribution >= 4 is 22.7 Å². The van der Waals surface area contributed by atoms with E-state index in [9.17, 15) is 14.0 Å². The smallest absolute Gasteiger partial charge is 0.237 e. The quantitative estimate of drug-likeness (QED) is 0.827. The Morgan fingerprint density at radius 1 is 1.32 bits per heavy atom. The van der Waals surface area contributed by atoms with Crippen LogP contribution in [0.4, 0.5) is 4.39 Å². The van der Waals surface area contributed by atoms with Crippen molar-refractivity contribution in [3.63, 3.8) is 0 Å². The predicted octanol–water partition coefficient (Wildman–Crippen LogP) is 2.50. The summed E-state index contributed by atoms with van der Waals surface area (Å²) in [7, 11) is 1.73. The number of nitrogens with zero attached hydrogens (tertiary/aromatic N) is 2. The average Bonchev–Trinajstić information content (AvgIpc) is 2.97. The van der Waals surface area contributed by atoms with E-state index in [0.29, 0.717) is 13.1 Å². The zero-order chi connectivity index (χ0) is 20.5. The lowest BCUT2D eigenvalue weighted by Gasteiger charge is -2.38. The molecule has 2 N–H and O–H groups in total. The Morgan fingerprint density at radius 2 is 2.07 bits per heavy atom. The van der Waals surface area contributed by atoms with Crippen molar-refractivity contribution in [1.29, 1.82) is 0 Å². The first kappa shape index (κ1) is 20.3. The molecule has 3 rings (SSSR count). The van der Waals surface area contributed by atoms with Gasteiger partial charge in [-0.25, -0.2) is 4.39 Å². The van der Waals surface area contributed by atoms with Crippen LogP contribution in [0.5, 0.6) is 0 Å². The Morgan fingerprint density at radius 3 is 2.79 bits per heavy atom. The van der Waals surface area contributed by atoms with E-state index in [-0.39, 0.29) is 29.5 Å². The van der Waals surface area contributed by atoms with Crippen LogP contribution in [-0.4, -0.2) is 59.3 Å². The van der Waals surface area contributed by atoms with E-state index < -0.39 is 6.04 Å². The number of aromatic nitrogens is 1. The third kappa shape index (κ3) is 4.90. The molecule has 6 nitrogen and oxygen atoms in total. The molecule has 1 aliphatic heterocycles. The van der Waals surface area contributed by atoms with Gasteiger partial charge in [0.05, 0.1) is 19.0 Å². The van der Waals surface area contributed by atoms with Crippen molar-refractivity contribution in [1.82, 2.24) is 20.1 Å². The van der Waals surface area contributed by atoms with Gasteiger partial charge in [-0.05, 0) is 29.7 Å². The Bertz CT molecular complexity index is 871. The molecule has 1 fully saturated rings. The van der Waals surface area contributed by atoms with Crippen LogP contribution < -0.4 is 5.32 Å². The molecule has 0 radical (unpaired) electrons. The van der Waals surface area contributed by atoms with Gasteiger partial charge in [-0.3, -0.25) is 14.5 Å². The zero-order valence-corrected chi connectivity index (χ0v) is 17.0. The molecular weight excluding hydrogens is 359 g/mol. The molecule has 1 atom stereocenters. The second kappa shape index (κ2) is 7.91. The second-order valence-corrected chi connectivity index (χ2v) is 8.82. The van der Waals surface area contributed by atoms with Crippen molar-refractivity contribution in [2.45, 2.75) is 39.8 Å². The van der Waals surface area contributed by atoms with Crippen LogP contribution in [0.1, 0.15) is 32.9 Å². The SMILES string of the molecule is CN(Cc1cc2cc(F)ccc2[nH]1)C(=O)C[C@@H]1C(=O)NCCN1CC(C)(C)C. The van der Waals surface area contributed by atoms with Gasteiger partial charge in [0.1, 0.15) is 5.82 Å². The van der Waals surface area contributed by atoms with Gasteiger partial charge in [-0.2, -0.15) is 0 Å². The molecule has 0 spiro atoms. The van der Waals surface area contributed by atoms with Gasteiger partial charge >= 0.3 is 0 Å². The maximum absolute atomic E-state index is 13.4. The molecular formula is C21H29FN4O2. The summed E-state index contributed by atoms with van der Waals surface area (Å²) in [5.41, 5.74) is 1.71. The highest BCUT2D eigenvalue weighted by atomic mass is 19.1. The van der Waals surface area contributed by atoms with Gasteiger partial charge < -0.3 is 15.2 Å². The van der Waals surface area contributed by atoms with Gasteiger partial charge in [-0.1, -0.05) is 20.8 Å². The lowest BCUT2D eigenvalue weighted by molar-refractivity contribution is -0.138. The van der Waals surface area contributed by atoms with E-state index in [1.54, 1.807) is 18.0 Å². The Labute approximate surface area is 165 Å². The summed E-state index contributed by atoms with van der Waals surface area (Å²) < 4.78 is 13.4. The number of fused-ring (bicyclic) bond motifs is 1. The molecule has 2 amide bonds. The summed E-state index contributed by atoms with van der Waals surface area (Å²) in [5, 5.41) is 3.65. The molecule has 7 heteroatoms. The normalized spacial score (nSPS) is 18.3. The molecule has 152 valence electrons. The highest BCUT2D eigenvalue weighted by Crippen LogP contribution is 2.21. The largest absolute Gasteiger partial charge is 0.357 e. The molecule has 0 saturated carbocycles. The first-order valence-electron chi connectivity index (χ1n) is 9.65. The fourth-order valence-corrected chi connectivity index (χ4v) is 3.70. The monoisotopic (exact) mass is 388 g/mol. The van der Waals surface area contributed by atoms with Gasteiger partial charge in [0, 0.05) is 43.3 Å². The summed E-state index contributed by atoms with van der Waals surface area (Å²) >= 11 is 0. The highest BCUT2D eigenvalue weighted by molar-refractivity contribution is 5.89. The molecule has 1 saturated heterocycles. The number of carbonyl (C=O) groups excluding carboxylic acids is 2. The first-order chi connectivity index (χ1) is 13.1. The fraction of sp³-hybridized carbons (Fsp3) is 0.524. The highest BCUT2D eigenvalue weighted by Gasteiger charge is 2.34. The van der Waals surface area contributed by atoms with Crippen LogP contribution in [-0.2, 0) is 16.1 Å². The maximum atomic E-state index is 13.4. The average molecular weight is 388 g/mol. The molecule has 2 aromatic rings. The summed E-state index contributed by atoms with van der Waals surface area (Å²) in [5.74, 6) is -0.464. The molecule has 28 heavy (non-hydrogen) atoms. The van der Waals surface area contributed by atoms with Crippen molar-refractivity contribution in [3.8, 4) is 0 Å². The van der Waals surface area contributed by atoms with Gasteiger partial charge in [0.25, 0.3) is 0 Å². The van der Waals surface area contributed by atoms with Crippen molar-refractivity contribution in [2.75, 3.05) is 26.7 Å². The van der Waals surface area contributed by atoms with E-state index in [4.69, 9.17) is 0 Å². The number of hydrogen-bond acceptors (Lipinski definition) is 3. The molecule has 2 heterocycles. The number of aromatic amines is 1. The first-order valence-corrected chi connectivity index (χ1v) is 9.65.